The zero-order valence-corrected chi connectivity index (χ0v) is 15.2. The highest BCUT2D eigenvalue weighted by Crippen LogP contribution is 2.26. The van der Waals surface area contributed by atoms with E-state index in [2.05, 4.69) is 10.1 Å². The lowest BCUT2D eigenvalue weighted by atomic mass is 10.1. The van der Waals surface area contributed by atoms with Gasteiger partial charge in [0.2, 0.25) is 5.89 Å². The summed E-state index contributed by atoms with van der Waals surface area (Å²) in [6, 6.07) is 14.9. The Morgan fingerprint density at radius 2 is 1.89 bits per heavy atom. The molecule has 28 heavy (non-hydrogen) atoms. The minimum atomic E-state index is -1.03. The Bertz CT molecular complexity index is 1110. The van der Waals surface area contributed by atoms with Crippen LogP contribution in [-0.4, -0.2) is 27.8 Å². The van der Waals surface area contributed by atoms with Crippen molar-refractivity contribution in [2.75, 3.05) is 6.61 Å². The zero-order valence-electron chi connectivity index (χ0n) is 15.2. The number of ether oxygens (including phenoxy) is 1. The van der Waals surface area contributed by atoms with Crippen molar-refractivity contribution in [1.82, 2.24) is 10.1 Å². The molecule has 0 fully saturated rings. The third kappa shape index (κ3) is 3.73. The van der Waals surface area contributed by atoms with Gasteiger partial charge >= 0.3 is 5.97 Å². The summed E-state index contributed by atoms with van der Waals surface area (Å²) in [6.45, 7) is 1.50. The molecule has 7 heteroatoms. The van der Waals surface area contributed by atoms with Crippen LogP contribution < -0.4 is 4.74 Å². The molecular weight excluding hydrogens is 360 g/mol. The molecule has 0 radical (unpaired) electrons. The van der Waals surface area contributed by atoms with Crippen LogP contribution in [0.1, 0.15) is 17.1 Å². The van der Waals surface area contributed by atoms with Crippen molar-refractivity contribution in [3.8, 4) is 17.2 Å². The summed E-state index contributed by atoms with van der Waals surface area (Å²) < 4.78 is 16.3. The van der Waals surface area contributed by atoms with E-state index >= 15 is 0 Å². The molecule has 0 saturated heterocycles. The van der Waals surface area contributed by atoms with Crippen LogP contribution in [0.4, 0.5) is 0 Å². The minimum Gasteiger partial charge on any atom is -0.482 e. The van der Waals surface area contributed by atoms with Gasteiger partial charge in [0.25, 0.3) is 0 Å². The molecule has 0 aliphatic carbocycles. The Kier molecular flexibility index (Phi) is 4.80. The highest BCUT2D eigenvalue weighted by molar-refractivity contribution is 5.81. The van der Waals surface area contributed by atoms with E-state index in [0.29, 0.717) is 30.1 Å². The molecule has 0 aliphatic heterocycles. The Balaban J connectivity index is 1.49. The predicted molar refractivity (Wildman–Crippen MR) is 101 cm³/mol. The van der Waals surface area contributed by atoms with Gasteiger partial charge in [-0.3, -0.25) is 0 Å². The number of carboxylic acid groups (broad SMARTS) is 1. The number of aromatic nitrogens is 2. The maximum atomic E-state index is 10.6. The smallest absolute Gasteiger partial charge is 0.341 e. The quantitative estimate of drug-likeness (QED) is 0.518. The number of benzene rings is 2. The number of hydrogen-bond donors (Lipinski definition) is 1. The number of oxazole rings is 1. The van der Waals surface area contributed by atoms with Gasteiger partial charge < -0.3 is 18.8 Å². The lowest BCUT2D eigenvalue weighted by Crippen LogP contribution is -2.09. The molecule has 2 aromatic heterocycles. The Morgan fingerprint density at radius 3 is 2.68 bits per heavy atom. The summed E-state index contributed by atoms with van der Waals surface area (Å²) in [5.41, 5.74) is 3.19. The fourth-order valence-electron chi connectivity index (χ4n) is 2.99. The third-order valence-corrected chi connectivity index (χ3v) is 4.39. The lowest BCUT2D eigenvalue weighted by Gasteiger charge is -2.02. The van der Waals surface area contributed by atoms with E-state index in [-0.39, 0.29) is 0 Å². The monoisotopic (exact) mass is 378 g/mol. The maximum absolute atomic E-state index is 10.6. The summed E-state index contributed by atoms with van der Waals surface area (Å²) in [5, 5.41) is 13.7. The van der Waals surface area contributed by atoms with E-state index in [1.807, 2.05) is 43.3 Å². The molecule has 142 valence electrons. The van der Waals surface area contributed by atoms with Gasteiger partial charge in [-0.2, -0.15) is 0 Å². The predicted octanol–water partition coefficient (Wildman–Crippen LogP) is 4.04. The number of aryl methyl sites for hydroxylation is 3. The second-order valence-electron chi connectivity index (χ2n) is 6.36. The van der Waals surface area contributed by atoms with E-state index in [9.17, 15) is 4.79 Å². The topological polar surface area (TPSA) is 98.6 Å². The first-order chi connectivity index (χ1) is 13.6. The molecular formula is C21H18N2O5. The van der Waals surface area contributed by atoms with Crippen molar-refractivity contribution in [3.63, 3.8) is 0 Å². The number of carbonyl (C=O) groups is 1. The fourth-order valence-corrected chi connectivity index (χ4v) is 2.99. The van der Waals surface area contributed by atoms with E-state index in [0.717, 1.165) is 28.1 Å². The molecule has 4 aromatic rings. The van der Waals surface area contributed by atoms with Gasteiger partial charge in [0.1, 0.15) is 11.5 Å². The van der Waals surface area contributed by atoms with Gasteiger partial charge in [-0.15, -0.1) is 0 Å². The molecule has 0 amide bonds. The molecule has 0 spiro atoms. The molecule has 2 aromatic carbocycles. The molecule has 7 nitrogen and oxygen atoms in total. The Morgan fingerprint density at radius 1 is 1.11 bits per heavy atom. The van der Waals surface area contributed by atoms with E-state index in [4.69, 9.17) is 18.8 Å². The third-order valence-electron chi connectivity index (χ3n) is 4.39. The van der Waals surface area contributed by atoms with Crippen LogP contribution in [0.25, 0.3) is 22.4 Å². The first kappa shape index (κ1) is 17.8. The highest BCUT2D eigenvalue weighted by atomic mass is 16.5. The number of carboxylic acids is 1. The van der Waals surface area contributed by atoms with Crippen LogP contribution in [0, 0.1) is 6.92 Å². The molecule has 0 saturated carbocycles. The van der Waals surface area contributed by atoms with Crippen molar-refractivity contribution in [2.24, 2.45) is 0 Å². The second-order valence-corrected chi connectivity index (χ2v) is 6.36. The molecule has 0 unspecified atom stereocenters. The SMILES string of the molecule is Cc1oc(-c2ccccc2)nc1CCc1noc2cc(OCC(=O)O)ccc12. The summed E-state index contributed by atoms with van der Waals surface area (Å²) in [6.07, 6.45) is 1.31. The van der Waals surface area contributed by atoms with Gasteiger partial charge in [-0.05, 0) is 44.0 Å². The van der Waals surface area contributed by atoms with Crippen LogP contribution in [0.2, 0.25) is 0 Å². The molecule has 0 bridgehead atoms. The molecule has 2 heterocycles. The fraction of sp³-hybridized carbons (Fsp3) is 0.190. The molecule has 1 N–H and O–H groups in total. The van der Waals surface area contributed by atoms with Crippen LogP contribution in [0.3, 0.4) is 0 Å². The molecule has 0 aliphatic rings. The van der Waals surface area contributed by atoms with E-state index in [1.54, 1.807) is 12.1 Å². The molecule has 0 atom stereocenters. The maximum Gasteiger partial charge on any atom is 0.341 e. The van der Waals surface area contributed by atoms with Crippen molar-refractivity contribution in [3.05, 3.63) is 65.7 Å². The largest absolute Gasteiger partial charge is 0.482 e. The number of rotatable bonds is 7. The second kappa shape index (κ2) is 7.56. The van der Waals surface area contributed by atoms with Gasteiger partial charge in [0, 0.05) is 17.0 Å². The summed E-state index contributed by atoms with van der Waals surface area (Å²) in [7, 11) is 0. The average molecular weight is 378 g/mol. The first-order valence-electron chi connectivity index (χ1n) is 8.85. The number of nitrogens with zero attached hydrogens (tertiary/aromatic N) is 2. The minimum absolute atomic E-state index is 0.401. The van der Waals surface area contributed by atoms with Gasteiger partial charge in [-0.25, -0.2) is 9.78 Å². The van der Waals surface area contributed by atoms with Crippen molar-refractivity contribution in [2.45, 2.75) is 19.8 Å². The van der Waals surface area contributed by atoms with Gasteiger partial charge in [-0.1, -0.05) is 23.4 Å². The average Bonchev–Trinajstić information content (AvgIpc) is 3.28. The normalized spacial score (nSPS) is 11.0. The summed E-state index contributed by atoms with van der Waals surface area (Å²) in [4.78, 5) is 15.2. The van der Waals surface area contributed by atoms with Crippen LogP contribution in [-0.2, 0) is 17.6 Å². The number of fused-ring (bicyclic) bond motifs is 1. The van der Waals surface area contributed by atoms with Crippen molar-refractivity contribution in [1.29, 1.82) is 0 Å². The van der Waals surface area contributed by atoms with Crippen molar-refractivity contribution < 1.29 is 23.6 Å². The van der Waals surface area contributed by atoms with Crippen molar-refractivity contribution >= 4 is 16.9 Å². The Labute approximate surface area is 160 Å². The van der Waals surface area contributed by atoms with E-state index < -0.39 is 12.6 Å². The molecule has 4 rings (SSSR count). The van der Waals surface area contributed by atoms with Crippen LogP contribution in [0.5, 0.6) is 5.75 Å². The zero-order chi connectivity index (χ0) is 19.5. The first-order valence-corrected chi connectivity index (χ1v) is 8.85. The Hall–Kier alpha value is -3.61. The standard InChI is InChI=1S/C21H18N2O5/c1-13-17(22-21(27-13)14-5-3-2-4-6-14)9-10-18-16-8-7-15(26-12-20(24)25)11-19(16)28-23-18/h2-8,11H,9-10,12H2,1H3,(H,24,25). The highest BCUT2D eigenvalue weighted by Gasteiger charge is 2.14. The van der Waals surface area contributed by atoms with Gasteiger partial charge in [0.15, 0.2) is 12.2 Å². The summed E-state index contributed by atoms with van der Waals surface area (Å²) >= 11 is 0. The van der Waals surface area contributed by atoms with Crippen LogP contribution >= 0.6 is 0 Å². The van der Waals surface area contributed by atoms with Gasteiger partial charge in [0.05, 0.1) is 11.4 Å². The van der Waals surface area contributed by atoms with E-state index in [1.165, 1.54) is 0 Å². The van der Waals surface area contributed by atoms with Crippen LogP contribution in [0.15, 0.2) is 57.5 Å². The lowest BCUT2D eigenvalue weighted by molar-refractivity contribution is -0.139. The number of aliphatic carboxylic acids is 1. The summed E-state index contributed by atoms with van der Waals surface area (Å²) in [5.74, 6) is 0.794. The number of hydrogen-bond acceptors (Lipinski definition) is 6.